The van der Waals surface area contributed by atoms with Crippen molar-refractivity contribution >= 4 is 23.0 Å². The second kappa shape index (κ2) is 9.65. The number of nitrogens with zero attached hydrogens (tertiary/aromatic N) is 2. The predicted octanol–water partition coefficient (Wildman–Crippen LogP) is 3.27. The maximum Gasteiger partial charge on any atom is 0.471 e. The van der Waals surface area contributed by atoms with Crippen molar-refractivity contribution < 1.29 is 27.8 Å². The van der Waals surface area contributed by atoms with Gasteiger partial charge < -0.3 is 15.2 Å². The number of para-hydroxylation sites is 2. The monoisotopic (exact) mass is 476 g/mol. The average molecular weight is 476 g/mol. The SMILES string of the molecule is CCC(=Nc1ccccc1NC(=O)C(F)(F)F)c1c(O)n(-c2ccc(OC)cc2)c(=O)[nH]c1=O. The highest BCUT2D eigenvalue weighted by Crippen LogP contribution is 2.29. The van der Waals surface area contributed by atoms with E-state index in [-0.39, 0.29) is 34.8 Å². The van der Waals surface area contributed by atoms with Crippen LogP contribution >= 0.6 is 0 Å². The van der Waals surface area contributed by atoms with Gasteiger partial charge >= 0.3 is 17.8 Å². The van der Waals surface area contributed by atoms with E-state index in [9.17, 15) is 32.7 Å². The lowest BCUT2D eigenvalue weighted by Crippen LogP contribution is -2.33. The zero-order valence-electron chi connectivity index (χ0n) is 17.9. The molecule has 0 atom stereocenters. The number of alkyl halides is 3. The first-order valence-electron chi connectivity index (χ1n) is 9.84. The number of hydrogen-bond acceptors (Lipinski definition) is 6. The Labute approximate surface area is 190 Å². The van der Waals surface area contributed by atoms with E-state index in [2.05, 4.69) is 9.98 Å². The number of rotatable bonds is 6. The van der Waals surface area contributed by atoms with Crippen LogP contribution in [0.2, 0.25) is 0 Å². The Bertz CT molecular complexity index is 1360. The topological polar surface area (TPSA) is 126 Å². The van der Waals surface area contributed by atoms with Gasteiger partial charge in [0.2, 0.25) is 5.88 Å². The number of aromatic nitrogens is 2. The maximum absolute atomic E-state index is 12.7. The van der Waals surface area contributed by atoms with Crippen molar-refractivity contribution in [3.63, 3.8) is 0 Å². The van der Waals surface area contributed by atoms with Crippen molar-refractivity contribution in [2.24, 2.45) is 4.99 Å². The number of hydrogen-bond donors (Lipinski definition) is 3. The Hall–Kier alpha value is -4.35. The average Bonchev–Trinajstić information content (AvgIpc) is 2.79. The number of halogens is 3. The molecule has 9 nitrogen and oxygen atoms in total. The molecule has 0 bridgehead atoms. The van der Waals surface area contributed by atoms with Crippen LogP contribution in [0.4, 0.5) is 24.5 Å². The van der Waals surface area contributed by atoms with Crippen LogP contribution in [0.5, 0.6) is 11.6 Å². The summed E-state index contributed by atoms with van der Waals surface area (Å²) >= 11 is 0. The fourth-order valence-electron chi connectivity index (χ4n) is 3.08. The molecule has 3 aromatic rings. The number of carbonyl (C=O) groups excluding carboxylic acids is 1. The molecule has 0 spiro atoms. The largest absolute Gasteiger partial charge is 0.497 e. The number of aromatic hydroxyl groups is 1. The minimum atomic E-state index is -5.12. The molecule has 178 valence electrons. The van der Waals surface area contributed by atoms with Crippen LogP contribution in [-0.4, -0.2) is 39.6 Å². The maximum atomic E-state index is 12.7. The molecule has 0 fully saturated rings. The molecule has 0 unspecified atom stereocenters. The minimum absolute atomic E-state index is 0.0327. The Kier molecular flexibility index (Phi) is 6.89. The molecule has 1 amide bonds. The van der Waals surface area contributed by atoms with E-state index >= 15 is 0 Å². The molecule has 3 rings (SSSR count). The molecule has 3 N–H and O–H groups in total. The first kappa shape index (κ1) is 24.3. The van der Waals surface area contributed by atoms with Gasteiger partial charge in [-0.15, -0.1) is 0 Å². The van der Waals surface area contributed by atoms with Gasteiger partial charge in [-0.2, -0.15) is 13.2 Å². The Morgan fingerprint density at radius 1 is 1.15 bits per heavy atom. The van der Waals surface area contributed by atoms with Gasteiger partial charge in [0.05, 0.1) is 29.9 Å². The van der Waals surface area contributed by atoms with E-state index < -0.39 is 29.2 Å². The van der Waals surface area contributed by atoms with Gasteiger partial charge in [0, 0.05) is 0 Å². The van der Waals surface area contributed by atoms with Crippen LogP contribution < -0.4 is 21.3 Å². The number of ether oxygens (including phenoxy) is 1. The van der Waals surface area contributed by atoms with Gasteiger partial charge in [-0.3, -0.25) is 19.6 Å². The van der Waals surface area contributed by atoms with Crippen molar-refractivity contribution in [2.45, 2.75) is 19.5 Å². The first-order chi connectivity index (χ1) is 16.1. The summed E-state index contributed by atoms with van der Waals surface area (Å²) in [7, 11) is 1.45. The summed E-state index contributed by atoms with van der Waals surface area (Å²) in [5.74, 6) is -2.41. The lowest BCUT2D eigenvalue weighted by atomic mass is 10.1. The lowest BCUT2D eigenvalue weighted by molar-refractivity contribution is -0.167. The smallest absolute Gasteiger partial charge is 0.471 e. The molecular formula is C22H19F3N4O5. The van der Waals surface area contributed by atoms with Crippen molar-refractivity contribution in [2.75, 3.05) is 12.4 Å². The Morgan fingerprint density at radius 2 is 1.79 bits per heavy atom. The molecule has 12 heteroatoms. The fraction of sp³-hybridized carbons (Fsp3) is 0.182. The summed E-state index contributed by atoms with van der Waals surface area (Å²) in [6.07, 6.45) is -5.06. The highest BCUT2D eigenvalue weighted by atomic mass is 19.4. The summed E-state index contributed by atoms with van der Waals surface area (Å²) in [4.78, 5) is 42.7. The van der Waals surface area contributed by atoms with Crippen LogP contribution in [0.25, 0.3) is 5.69 Å². The second-order valence-corrected chi connectivity index (χ2v) is 6.87. The molecule has 0 aliphatic carbocycles. The molecule has 2 aromatic carbocycles. The lowest BCUT2D eigenvalue weighted by Gasteiger charge is -2.14. The summed E-state index contributed by atoms with van der Waals surface area (Å²) in [6, 6.07) is 11.4. The molecule has 34 heavy (non-hydrogen) atoms. The number of H-pyrrole nitrogens is 1. The number of methoxy groups -OCH3 is 1. The second-order valence-electron chi connectivity index (χ2n) is 6.87. The number of nitrogens with one attached hydrogen (secondary N) is 2. The number of aromatic amines is 1. The predicted molar refractivity (Wildman–Crippen MR) is 118 cm³/mol. The fourth-order valence-corrected chi connectivity index (χ4v) is 3.08. The standard InChI is InChI=1S/C22H19F3N4O5/c1-3-14(26-15-6-4-5-7-16(15)27-20(32)22(23,24)25)17-18(30)28-21(33)29(19(17)31)12-8-10-13(34-2)11-9-12/h4-11,31H,3H2,1-2H3,(H,27,32)(H,28,30,33). The van der Waals surface area contributed by atoms with Crippen LogP contribution in [0, 0.1) is 0 Å². The number of anilines is 1. The number of aliphatic imine (C=N–C) groups is 1. The van der Waals surface area contributed by atoms with Crippen molar-refractivity contribution in [1.82, 2.24) is 9.55 Å². The first-order valence-corrected chi connectivity index (χ1v) is 9.84. The van der Waals surface area contributed by atoms with Gasteiger partial charge in [-0.05, 0) is 42.8 Å². The zero-order valence-corrected chi connectivity index (χ0v) is 17.9. The molecular weight excluding hydrogens is 457 g/mol. The third-order valence-electron chi connectivity index (χ3n) is 4.71. The van der Waals surface area contributed by atoms with Crippen LogP contribution in [0.15, 0.2) is 63.1 Å². The van der Waals surface area contributed by atoms with E-state index in [0.717, 1.165) is 4.57 Å². The third kappa shape index (κ3) is 5.00. The van der Waals surface area contributed by atoms with Gasteiger partial charge in [0.1, 0.15) is 11.3 Å². The molecule has 0 saturated carbocycles. The van der Waals surface area contributed by atoms with Crippen molar-refractivity contribution in [1.29, 1.82) is 0 Å². The van der Waals surface area contributed by atoms with Gasteiger partial charge in [0.15, 0.2) is 0 Å². The highest BCUT2D eigenvalue weighted by Gasteiger charge is 2.39. The Morgan fingerprint density at radius 3 is 2.38 bits per heavy atom. The van der Waals surface area contributed by atoms with E-state index in [1.54, 1.807) is 24.4 Å². The highest BCUT2D eigenvalue weighted by molar-refractivity contribution is 6.05. The summed E-state index contributed by atoms with van der Waals surface area (Å²) in [6.45, 7) is 1.59. The molecule has 1 aromatic heterocycles. The minimum Gasteiger partial charge on any atom is -0.497 e. The van der Waals surface area contributed by atoms with E-state index in [1.165, 1.54) is 43.5 Å². The number of amides is 1. The van der Waals surface area contributed by atoms with Crippen molar-refractivity contribution in [3.05, 3.63) is 74.9 Å². The van der Waals surface area contributed by atoms with Crippen LogP contribution in [0.3, 0.4) is 0 Å². The quantitative estimate of drug-likeness (QED) is 0.471. The van der Waals surface area contributed by atoms with Crippen molar-refractivity contribution in [3.8, 4) is 17.3 Å². The molecule has 0 aliphatic rings. The van der Waals surface area contributed by atoms with Gasteiger partial charge in [0.25, 0.3) is 5.56 Å². The number of carbonyl (C=O) groups is 1. The van der Waals surface area contributed by atoms with Crippen LogP contribution in [0.1, 0.15) is 18.9 Å². The molecule has 0 aliphatic heterocycles. The van der Waals surface area contributed by atoms with Gasteiger partial charge in [-0.1, -0.05) is 19.1 Å². The molecule has 0 saturated heterocycles. The molecule has 1 heterocycles. The zero-order chi connectivity index (χ0) is 25.0. The summed E-state index contributed by atoms with van der Waals surface area (Å²) < 4.78 is 44.0. The van der Waals surface area contributed by atoms with E-state index in [4.69, 9.17) is 4.74 Å². The normalized spacial score (nSPS) is 11.9. The summed E-state index contributed by atoms with van der Waals surface area (Å²) in [5, 5.41) is 12.6. The third-order valence-corrected chi connectivity index (χ3v) is 4.71. The molecule has 0 radical (unpaired) electrons. The number of benzene rings is 2. The van der Waals surface area contributed by atoms with Crippen LogP contribution in [-0.2, 0) is 4.79 Å². The van der Waals surface area contributed by atoms with E-state index in [1.807, 2.05) is 0 Å². The Balaban J connectivity index is 2.15. The van der Waals surface area contributed by atoms with Gasteiger partial charge in [-0.25, -0.2) is 9.36 Å². The van der Waals surface area contributed by atoms with E-state index in [0.29, 0.717) is 5.75 Å². The summed E-state index contributed by atoms with van der Waals surface area (Å²) in [5.41, 5.74) is -2.36.